The quantitative estimate of drug-likeness (QED) is 0.888. The van der Waals surface area contributed by atoms with E-state index >= 15 is 0 Å². The Morgan fingerprint density at radius 3 is 2.35 bits per heavy atom. The average molecular weight is 376 g/mol. The zero-order chi connectivity index (χ0) is 18.9. The second-order valence-corrected chi connectivity index (χ2v) is 8.44. The molecular formula is C19H21FN2O3S. The van der Waals surface area contributed by atoms with Crippen LogP contribution in [0, 0.1) is 19.7 Å². The van der Waals surface area contributed by atoms with Gasteiger partial charge in [0.1, 0.15) is 5.82 Å². The Labute approximate surface area is 152 Å². The fraction of sp³-hybridized carbons (Fsp3) is 0.316. The summed E-state index contributed by atoms with van der Waals surface area (Å²) in [6.07, 6.45) is 1.69. The van der Waals surface area contributed by atoms with Crippen LogP contribution in [0.4, 0.5) is 10.1 Å². The lowest BCUT2D eigenvalue weighted by molar-refractivity contribution is 0.102. The first-order chi connectivity index (χ1) is 12.3. The minimum atomic E-state index is -3.60. The van der Waals surface area contributed by atoms with Crippen LogP contribution in [0.5, 0.6) is 0 Å². The van der Waals surface area contributed by atoms with Crippen LogP contribution in [0.25, 0.3) is 0 Å². The van der Waals surface area contributed by atoms with Crippen molar-refractivity contribution in [3.63, 3.8) is 0 Å². The minimum Gasteiger partial charge on any atom is -0.322 e. The Morgan fingerprint density at radius 2 is 1.69 bits per heavy atom. The third-order valence-corrected chi connectivity index (χ3v) is 6.48. The Morgan fingerprint density at radius 1 is 1.04 bits per heavy atom. The number of sulfonamides is 1. The van der Waals surface area contributed by atoms with Gasteiger partial charge in [-0.25, -0.2) is 12.8 Å². The van der Waals surface area contributed by atoms with Gasteiger partial charge in [-0.15, -0.1) is 0 Å². The smallest absolute Gasteiger partial charge is 0.255 e. The lowest BCUT2D eigenvalue weighted by Crippen LogP contribution is -2.28. The van der Waals surface area contributed by atoms with Crippen LogP contribution in [0.15, 0.2) is 41.3 Å². The van der Waals surface area contributed by atoms with Crippen LogP contribution >= 0.6 is 0 Å². The highest BCUT2D eigenvalue weighted by Crippen LogP contribution is 2.24. The summed E-state index contributed by atoms with van der Waals surface area (Å²) < 4.78 is 40.5. The number of rotatable bonds is 4. The highest BCUT2D eigenvalue weighted by atomic mass is 32.2. The van der Waals surface area contributed by atoms with Crippen molar-refractivity contribution >= 4 is 21.6 Å². The molecule has 0 aliphatic carbocycles. The van der Waals surface area contributed by atoms with Gasteiger partial charge in [-0.1, -0.05) is 12.1 Å². The van der Waals surface area contributed by atoms with Gasteiger partial charge in [-0.05, 0) is 62.1 Å². The van der Waals surface area contributed by atoms with Crippen LogP contribution in [0.2, 0.25) is 0 Å². The fourth-order valence-corrected chi connectivity index (χ4v) is 4.50. The Hall–Kier alpha value is -2.25. The second-order valence-electron chi connectivity index (χ2n) is 6.51. The molecule has 5 nitrogen and oxygen atoms in total. The Kier molecular flexibility index (Phi) is 5.11. The molecule has 0 radical (unpaired) electrons. The molecule has 1 aliphatic heterocycles. The van der Waals surface area contributed by atoms with Crippen LogP contribution in [-0.2, 0) is 10.0 Å². The van der Waals surface area contributed by atoms with Gasteiger partial charge < -0.3 is 5.32 Å². The van der Waals surface area contributed by atoms with Crippen LogP contribution in [-0.4, -0.2) is 31.7 Å². The number of hydrogen-bond donors (Lipinski definition) is 1. The molecule has 0 aromatic heterocycles. The number of hydrogen-bond acceptors (Lipinski definition) is 3. The number of anilines is 1. The van der Waals surface area contributed by atoms with Crippen LogP contribution in [0.3, 0.4) is 0 Å². The summed E-state index contributed by atoms with van der Waals surface area (Å²) in [5, 5.41) is 2.63. The van der Waals surface area contributed by atoms with Crippen molar-refractivity contribution in [3.8, 4) is 0 Å². The zero-order valence-electron chi connectivity index (χ0n) is 14.8. The number of carbonyl (C=O) groups excluding carboxylic acids is 1. The maximum Gasteiger partial charge on any atom is 0.255 e. The third-order valence-electron chi connectivity index (χ3n) is 4.59. The van der Waals surface area contributed by atoms with Crippen molar-refractivity contribution in [2.75, 3.05) is 18.4 Å². The second kappa shape index (κ2) is 7.17. The van der Waals surface area contributed by atoms with E-state index in [-0.39, 0.29) is 10.5 Å². The monoisotopic (exact) mass is 376 g/mol. The van der Waals surface area contributed by atoms with Crippen molar-refractivity contribution in [1.29, 1.82) is 0 Å². The van der Waals surface area contributed by atoms with E-state index in [1.807, 2.05) is 0 Å². The first-order valence-electron chi connectivity index (χ1n) is 8.47. The van der Waals surface area contributed by atoms with Gasteiger partial charge in [0.05, 0.1) is 4.90 Å². The molecule has 0 bridgehead atoms. The molecule has 7 heteroatoms. The van der Waals surface area contributed by atoms with Gasteiger partial charge >= 0.3 is 0 Å². The lowest BCUT2D eigenvalue weighted by Gasteiger charge is -2.17. The maximum atomic E-state index is 13.7. The molecule has 2 aromatic carbocycles. The topological polar surface area (TPSA) is 66.5 Å². The fourth-order valence-electron chi connectivity index (χ4n) is 2.95. The molecule has 1 aliphatic rings. The lowest BCUT2D eigenvalue weighted by atomic mass is 10.1. The van der Waals surface area contributed by atoms with Gasteiger partial charge in [0, 0.05) is 24.3 Å². The summed E-state index contributed by atoms with van der Waals surface area (Å²) in [5.74, 6) is -0.880. The summed E-state index contributed by atoms with van der Waals surface area (Å²) in [4.78, 5) is 12.7. The normalized spacial score (nSPS) is 15.2. The molecule has 1 saturated heterocycles. The number of halogens is 1. The van der Waals surface area contributed by atoms with Gasteiger partial charge in [-0.3, -0.25) is 4.79 Å². The highest BCUT2D eigenvalue weighted by Gasteiger charge is 2.28. The summed E-state index contributed by atoms with van der Waals surface area (Å²) in [6, 6.07) is 8.96. The van der Waals surface area contributed by atoms with E-state index in [1.165, 1.54) is 22.5 Å². The number of aryl methyl sites for hydroxylation is 2. The van der Waals surface area contributed by atoms with Crippen molar-refractivity contribution in [2.24, 2.45) is 0 Å². The van der Waals surface area contributed by atoms with Crippen molar-refractivity contribution in [3.05, 3.63) is 58.9 Å². The summed E-state index contributed by atoms with van der Waals surface area (Å²) in [5.41, 5.74) is 1.71. The molecule has 0 atom stereocenters. The third kappa shape index (κ3) is 3.64. The Balaban J connectivity index is 1.89. The first-order valence-corrected chi connectivity index (χ1v) is 9.91. The van der Waals surface area contributed by atoms with Gasteiger partial charge in [-0.2, -0.15) is 4.31 Å². The molecule has 0 unspecified atom stereocenters. The van der Waals surface area contributed by atoms with Crippen LogP contribution in [0.1, 0.15) is 34.3 Å². The first kappa shape index (κ1) is 18.5. The molecule has 1 heterocycles. The molecule has 3 rings (SSSR count). The number of nitrogens with one attached hydrogen (secondary N) is 1. The summed E-state index contributed by atoms with van der Waals surface area (Å²) in [6.45, 7) is 4.37. The predicted molar refractivity (Wildman–Crippen MR) is 98.3 cm³/mol. The van der Waals surface area contributed by atoms with Gasteiger partial charge in [0.25, 0.3) is 5.91 Å². The molecule has 2 aromatic rings. The molecule has 1 amide bonds. The van der Waals surface area contributed by atoms with E-state index in [4.69, 9.17) is 0 Å². The summed E-state index contributed by atoms with van der Waals surface area (Å²) in [7, 11) is -3.60. The predicted octanol–water partition coefficient (Wildman–Crippen LogP) is 3.48. The van der Waals surface area contributed by atoms with Crippen molar-refractivity contribution < 1.29 is 17.6 Å². The largest absolute Gasteiger partial charge is 0.322 e. The zero-order valence-corrected chi connectivity index (χ0v) is 15.6. The van der Waals surface area contributed by atoms with E-state index in [0.29, 0.717) is 29.9 Å². The van der Waals surface area contributed by atoms with E-state index in [2.05, 4.69) is 5.32 Å². The number of benzene rings is 2. The Bertz CT molecular complexity index is 951. The maximum absolute atomic E-state index is 13.7. The average Bonchev–Trinajstić information content (AvgIpc) is 3.13. The highest BCUT2D eigenvalue weighted by molar-refractivity contribution is 7.89. The van der Waals surface area contributed by atoms with E-state index in [0.717, 1.165) is 12.8 Å². The molecular weight excluding hydrogens is 355 g/mol. The van der Waals surface area contributed by atoms with E-state index in [9.17, 15) is 17.6 Å². The van der Waals surface area contributed by atoms with Gasteiger partial charge in [0.15, 0.2) is 0 Å². The van der Waals surface area contributed by atoms with E-state index in [1.54, 1.807) is 32.0 Å². The molecule has 1 fully saturated rings. The van der Waals surface area contributed by atoms with Crippen molar-refractivity contribution in [1.82, 2.24) is 4.31 Å². The van der Waals surface area contributed by atoms with E-state index < -0.39 is 21.7 Å². The summed E-state index contributed by atoms with van der Waals surface area (Å²) >= 11 is 0. The molecule has 0 spiro atoms. The van der Waals surface area contributed by atoms with Crippen LogP contribution < -0.4 is 5.32 Å². The number of amides is 1. The molecule has 138 valence electrons. The molecule has 26 heavy (non-hydrogen) atoms. The van der Waals surface area contributed by atoms with Crippen molar-refractivity contribution in [2.45, 2.75) is 31.6 Å². The molecule has 0 saturated carbocycles. The standard InChI is InChI=1S/C19H21FN2O3S/c1-13-6-8-16(26(24,25)22-9-3-4-10-22)12-17(13)19(23)21-15-7-5-14(2)18(20)11-15/h5-8,11-12H,3-4,9-10H2,1-2H3,(H,21,23). The number of carbonyl (C=O) groups is 1. The minimum absolute atomic E-state index is 0.102. The molecule has 1 N–H and O–H groups in total. The number of nitrogens with zero attached hydrogens (tertiary/aromatic N) is 1. The SMILES string of the molecule is Cc1ccc(NC(=O)c2cc(S(=O)(=O)N3CCCC3)ccc2C)cc1F. The van der Waals surface area contributed by atoms with Gasteiger partial charge in [0.2, 0.25) is 10.0 Å².